The van der Waals surface area contributed by atoms with Crippen LogP contribution in [0.25, 0.3) is 0 Å². The fourth-order valence-corrected chi connectivity index (χ4v) is 4.06. The molecule has 0 radical (unpaired) electrons. The number of cyclic esters (lactones) is 1. The lowest BCUT2D eigenvalue weighted by atomic mass is 9.94. The topological polar surface area (TPSA) is 130 Å². The Morgan fingerprint density at radius 2 is 1.41 bits per heavy atom. The number of allylic oxidation sites excluding steroid dienone is 2. The van der Waals surface area contributed by atoms with E-state index >= 15 is 0 Å². The Hall–Kier alpha value is -1.82. The number of rotatable bonds is 5. The number of esters is 2. The summed E-state index contributed by atoms with van der Waals surface area (Å²) >= 11 is 0. The molecule has 8 atom stereocenters. The molecule has 10 heteroatoms. The largest absolute Gasteiger partial charge is 0.454 e. The first-order chi connectivity index (χ1) is 16.9. The fraction of sp³-hybridized carbons (Fsp3) is 0.778. The van der Waals surface area contributed by atoms with Crippen molar-refractivity contribution in [2.24, 2.45) is 10.8 Å². The summed E-state index contributed by atoms with van der Waals surface area (Å²) < 4.78 is 32.0. The molecule has 3 heterocycles. The van der Waals surface area contributed by atoms with Crippen molar-refractivity contribution >= 4 is 11.9 Å². The highest BCUT2D eigenvalue weighted by molar-refractivity contribution is 5.78. The minimum atomic E-state index is -1.15. The Labute approximate surface area is 219 Å². The van der Waals surface area contributed by atoms with Gasteiger partial charge in [0, 0.05) is 14.2 Å². The number of ether oxygens (including phenoxy) is 6. The summed E-state index contributed by atoms with van der Waals surface area (Å²) in [5.74, 6) is -1.81. The van der Waals surface area contributed by atoms with Crippen LogP contribution in [-0.4, -0.2) is 91.0 Å². The van der Waals surface area contributed by atoms with Crippen LogP contribution < -0.4 is 0 Å². The molecule has 37 heavy (non-hydrogen) atoms. The van der Waals surface area contributed by atoms with Crippen LogP contribution in [0.2, 0.25) is 0 Å². The molecule has 212 valence electrons. The second kappa shape index (κ2) is 11.9. The molecule has 0 aliphatic carbocycles. The number of fused-ring (bicyclic) bond motifs is 1. The fourth-order valence-electron chi connectivity index (χ4n) is 4.06. The maximum Gasteiger partial charge on any atom is 0.338 e. The number of hydrogen-bond donors (Lipinski definition) is 2. The van der Waals surface area contributed by atoms with E-state index < -0.39 is 60.5 Å². The van der Waals surface area contributed by atoms with Crippen molar-refractivity contribution < 1.29 is 48.2 Å². The van der Waals surface area contributed by atoms with Crippen LogP contribution in [0, 0.1) is 10.8 Å². The maximum atomic E-state index is 11.8. The second-order valence-electron chi connectivity index (χ2n) is 12.1. The molecule has 3 aliphatic heterocycles. The van der Waals surface area contributed by atoms with E-state index in [0.29, 0.717) is 0 Å². The Morgan fingerprint density at radius 3 is 1.89 bits per heavy atom. The molecule has 0 saturated carbocycles. The van der Waals surface area contributed by atoms with Crippen molar-refractivity contribution in [3.8, 4) is 0 Å². The third-order valence-corrected chi connectivity index (χ3v) is 5.83. The highest BCUT2D eigenvalue weighted by Crippen LogP contribution is 2.36. The van der Waals surface area contributed by atoms with Gasteiger partial charge in [-0.3, -0.25) is 0 Å². The number of hydrogen-bond acceptors (Lipinski definition) is 10. The number of aliphatic hydroxyl groups is 2. The molecule has 3 rings (SSSR count). The molecule has 0 spiro atoms. The Bertz CT molecular complexity index is 850. The zero-order chi connectivity index (χ0) is 28.3. The molecule has 0 aromatic carbocycles. The summed E-state index contributed by atoms with van der Waals surface area (Å²) in [7, 11) is 2.80. The average molecular weight is 529 g/mol. The molecule has 1 unspecified atom stereocenters. The van der Waals surface area contributed by atoms with Crippen LogP contribution >= 0.6 is 0 Å². The Kier molecular flexibility index (Phi) is 10.1. The van der Waals surface area contributed by atoms with Gasteiger partial charge in [-0.2, -0.15) is 0 Å². The van der Waals surface area contributed by atoms with Gasteiger partial charge in [0.1, 0.15) is 24.4 Å². The van der Waals surface area contributed by atoms with Crippen molar-refractivity contribution in [3.05, 3.63) is 24.3 Å². The van der Waals surface area contributed by atoms with Gasteiger partial charge in [-0.05, 0) is 24.7 Å². The first-order valence-electron chi connectivity index (χ1n) is 12.5. The Morgan fingerprint density at radius 1 is 0.865 bits per heavy atom. The Balaban J connectivity index is 0.000000264. The maximum absolute atomic E-state index is 11.8. The smallest absolute Gasteiger partial charge is 0.338 e. The lowest BCUT2D eigenvalue weighted by molar-refractivity contribution is -0.318. The molecular weight excluding hydrogens is 484 g/mol. The highest BCUT2D eigenvalue weighted by atomic mass is 16.8. The van der Waals surface area contributed by atoms with Gasteiger partial charge in [0.25, 0.3) is 0 Å². The van der Waals surface area contributed by atoms with E-state index in [-0.39, 0.29) is 16.9 Å². The van der Waals surface area contributed by atoms with Gasteiger partial charge in [-0.1, -0.05) is 65.8 Å². The van der Waals surface area contributed by atoms with Crippen LogP contribution in [0.1, 0.15) is 55.4 Å². The highest BCUT2D eigenvalue weighted by Gasteiger charge is 2.55. The first-order valence-corrected chi connectivity index (χ1v) is 12.5. The summed E-state index contributed by atoms with van der Waals surface area (Å²) in [6.07, 6.45) is 1.27. The van der Waals surface area contributed by atoms with Crippen molar-refractivity contribution in [1.29, 1.82) is 0 Å². The van der Waals surface area contributed by atoms with Crippen LogP contribution in [0.5, 0.6) is 0 Å². The first kappa shape index (κ1) is 31.4. The summed E-state index contributed by atoms with van der Waals surface area (Å²) in [6.45, 7) is 15.9. The predicted molar refractivity (Wildman–Crippen MR) is 134 cm³/mol. The molecule has 3 saturated heterocycles. The van der Waals surface area contributed by atoms with Gasteiger partial charge in [0.15, 0.2) is 30.2 Å². The van der Waals surface area contributed by atoms with Crippen molar-refractivity contribution in [2.45, 2.75) is 110 Å². The standard InChI is InChI=1S/C15H24O5.C12H20O5/c1-14(2,3)8-7-9-10-11(20-15(4,5)19-9)12(17-6)13(16)18-10;1-12(2,3)6-5-7(13)9-8(14)10(16-4)11(15)17-9/h7-12H,1-6H3;5-10,13-14H,1-4H3/b8-7+;6-5+/t9-,10+,11-,12-;7-,8-,9?,10-/m11/s1. The van der Waals surface area contributed by atoms with Gasteiger partial charge in [0.05, 0.1) is 0 Å². The molecular formula is C27H44O10. The second-order valence-corrected chi connectivity index (χ2v) is 12.1. The van der Waals surface area contributed by atoms with Crippen LogP contribution in [0.15, 0.2) is 24.3 Å². The third kappa shape index (κ3) is 8.59. The summed E-state index contributed by atoms with van der Waals surface area (Å²) in [5.41, 5.74) is -0.0558. The van der Waals surface area contributed by atoms with Gasteiger partial charge in [-0.15, -0.1) is 0 Å². The minimum Gasteiger partial charge on any atom is -0.454 e. The molecule has 3 aliphatic rings. The molecule has 0 aromatic rings. The average Bonchev–Trinajstić information content (AvgIpc) is 3.23. The van der Waals surface area contributed by atoms with Crippen molar-refractivity contribution in [1.82, 2.24) is 0 Å². The summed E-state index contributed by atoms with van der Waals surface area (Å²) in [5, 5.41) is 19.6. The van der Waals surface area contributed by atoms with Crippen LogP contribution in [0.4, 0.5) is 0 Å². The van der Waals surface area contributed by atoms with E-state index in [4.69, 9.17) is 28.4 Å². The molecule has 2 N–H and O–H groups in total. The van der Waals surface area contributed by atoms with Crippen LogP contribution in [-0.2, 0) is 38.0 Å². The van der Waals surface area contributed by atoms with Crippen molar-refractivity contribution in [3.63, 3.8) is 0 Å². The van der Waals surface area contributed by atoms with Gasteiger partial charge in [0.2, 0.25) is 0 Å². The molecule has 3 fully saturated rings. The summed E-state index contributed by atoms with van der Waals surface area (Å²) in [6, 6.07) is 0. The van der Waals surface area contributed by atoms with Gasteiger partial charge >= 0.3 is 11.9 Å². The lowest BCUT2D eigenvalue weighted by Gasteiger charge is -2.41. The minimum absolute atomic E-state index is 0.0323. The lowest BCUT2D eigenvalue weighted by Crippen LogP contribution is -2.54. The molecule has 0 aromatic heterocycles. The monoisotopic (exact) mass is 528 g/mol. The van der Waals surface area contributed by atoms with E-state index in [2.05, 4.69) is 26.8 Å². The van der Waals surface area contributed by atoms with E-state index in [1.807, 2.05) is 40.7 Å². The molecule has 10 nitrogen and oxygen atoms in total. The van der Waals surface area contributed by atoms with Crippen molar-refractivity contribution in [2.75, 3.05) is 14.2 Å². The van der Waals surface area contributed by atoms with Gasteiger partial charge in [-0.25, -0.2) is 9.59 Å². The predicted octanol–water partition coefficient (Wildman–Crippen LogP) is 2.30. The van der Waals surface area contributed by atoms with Crippen LogP contribution in [0.3, 0.4) is 0 Å². The normalized spacial score (nSPS) is 34.6. The number of carbonyl (C=O) groups is 2. The SMILES string of the molecule is CO[C@H]1C(=O)OC([C@H](O)/C=C/C(C)(C)C)[C@H]1O.CO[C@H]1C(=O)O[C@@H]2[C@H]1OC(C)(C)O[C@@H]2/C=C/C(C)(C)C. The quantitative estimate of drug-likeness (QED) is 0.405. The zero-order valence-corrected chi connectivity index (χ0v) is 23.6. The van der Waals surface area contributed by atoms with E-state index in [1.54, 1.807) is 6.08 Å². The third-order valence-electron chi connectivity index (χ3n) is 5.83. The summed E-state index contributed by atoms with van der Waals surface area (Å²) in [4.78, 5) is 23.1. The molecule has 0 bridgehead atoms. The van der Waals surface area contributed by atoms with E-state index in [0.717, 1.165) is 0 Å². The number of aliphatic hydroxyl groups excluding tert-OH is 2. The van der Waals surface area contributed by atoms with E-state index in [1.165, 1.54) is 20.3 Å². The zero-order valence-electron chi connectivity index (χ0n) is 23.6. The number of carbonyl (C=O) groups excluding carboxylic acids is 2. The van der Waals surface area contributed by atoms with E-state index in [9.17, 15) is 19.8 Å². The van der Waals surface area contributed by atoms with Gasteiger partial charge < -0.3 is 38.6 Å². The number of methoxy groups -OCH3 is 2. The molecule has 0 amide bonds.